The Balaban J connectivity index is 0.00000364. The van der Waals surface area contributed by atoms with Gasteiger partial charge in [-0.15, -0.1) is 24.0 Å². The summed E-state index contributed by atoms with van der Waals surface area (Å²) in [6.45, 7) is 6.53. The van der Waals surface area contributed by atoms with Crippen molar-refractivity contribution in [2.45, 2.75) is 52.5 Å². The van der Waals surface area contributed by atoms with Gasteiger partial charge in [-0.1, -0.05) is 43.2 Å². The van der Waals surface area contributed by atoms with Gasteiger partial charge in [-0.3, -0.25) is 14.5 Å². The van der Waals surface area contributed by atoms with Crippen LogP contribution in [0.2, 0.25) is 0 Å². The second kappa shape index (κ2) is 12.7. The first-order valence-electron chi connectivity index (χ1n) is 9.51. The SMILES string of the molecule is CCCCNC(=NCc1ccc(C)cc1)NCCN1C(=O)CCCC1=O.I. The zero-order valence-corrected chi connectivity index (χ0v) is 18.6. The van der Waals surface area contributed by atoms with Gasteiger partial charge in [-0.05, 0) is 25.3 Å². The predicted molar refractivity (Wildman–Crippen MR) is 119 cm³/mol. The molecule has 7 heteroatoms. The number of nitrogens with one attached hydrogen (secondary N) is 2. The molecular formula is C20H31IN4O2. The number of imide groups is 1. The fourth-order valence-corrected chi connectivity index (χ4v) is 2.76. The molecule has 0 atom stereocenters. The maximum Gasteiger partial charge on any atom is 0.229 e. The smallest absolute Gasteiger partial charge is 0.229 e. The summed E-state index contributed by atoms with van der Waals surface area (Å²) in [5.74, 6) is 0.580. The number of piperidine rings is 1. The van der Waals surface area contributed by atoms with Crippen molar-refractivity contribution in [1.29, 1.82) is 0 Å². The van der Waals surface area contributed by atoms with Crippen molar-refractivity contribution in [2.24, 2.45) is 4.99 Å². The molecule has 2 N–H and O–H groups in total. The zero-order valence-electron chi connectivity index (χ0n) is 16.3. The number of likely N-dealkylation sites (tertiary alicyclic amines) is 1. The molecule has 6 nitrogen and oxygen atoms in total. The minimum Gasteiger partial charge on any atom is -0.356 e. The summed E-state index contributed by atoms with van der Waals surface area (Å²) >= 11 is 0. The van der Waals surface area contributed by atoms with Crippen LogP contribution < -0.4 is 10.6 Å². The van der Waals surface area contributed by atoms with E-state index in [2.05, 4.69) is 53.7 Å². The summed E-state index contributed by atoms with van der Waals surface area (Å²) in [5, 5.41) is 6.55. The number of carbonyl (C=O) groups excluding carboxylic acids is 2. The number of hydrogen-bond donors (Lipinski definition) is 2. The average Bonchev–Trinajstić information content (AvgIpc) is 2.63. The molecule has 0 unspecified atom stereocenters. The van der Waals surface area contributed by atoms with Gasteiger partial charge in [0.1, 0.15) is 0 Å². The average molecular weight is 486 g/mol. The summed E-state index contributed by atoms with van der Waals surface area (Å²) in [4.78, 5) is 29.7. The van der Waals surface area contributed by atoms with E-state index >= 15 is 0 Å². The minimum atomic E-state index is -0.0693. The lowest BCUT2D eigenvalue weighted by molar-refractivity contribution is -0.147. The molecular weight excluding hydrogens is 455 g/mol. The largest absolute Gasteiger partial charge is 0.356 e. The first-order chi connectivity index (χ1) is 12.6. The van der Waals surface area contributed by atoms with Gasteiger partial charge in [0.05, 0.1) is 6.54 Å². The number of aliphatic imine (C=N–C) groups is 1. The van der Waals surface area contributed by atoms with Crippen LogP contribution in [-0.2, 0) is 16.1 Å². The van der Waals surface area contributed by atoms with Crippen molar-refractivity contribution in [3.8, 4) is 0 Å². The highest BCUT2D eigenvalue weighted by Gasteiger charge is 2.25. The van der Waals surface area contributed by atoms with E-state index in [0.29, 0.717) is 38.9 Å². The van der Waals surface area contributed by atoms with E-state index < -0.39 is 0 Å². The third-order valence-electron chi connectivity index (χ3n) is 4.37. The highest BCUT2D eigenvalue weighted by molar-refractivity contribution is 14.0. The van der Waals surface area contributed by atoms with E-state index in [-0.39, 0.29) is 35.8 Å². The molecule has 0 aliphatic carbocycles. The normalized spacial score (nSPS) is 14.7. The number of rotatable bonds is 8. The van der Waals surface area contributed by atoms with Gasteiger partial charge in [0, 0.05) is 32.5 Å². The monoisotopic (exact) mass is 486 g/mol. The van der Waals surface area contributed by atoms with Crippen LogP contribution in [0.5, 0.6) is 0 Å². The highest BCUT2D eigenvalue weighted by atomic mass is 127. The van der Waals surface area contributed by atoms with E-state index in [1.54, 1.807) is 0 Å². The van der Waals surface area contributed by atoms with Gasteiger partial charge in [0.2, 0.25) is 11.8 Å². The highest BCUT2D eigenvalue weighted by Crippen LogP contribution is 2.11. The molecule has 1 aliphatic rings. The molecule has 150 valence electrons. The Kier molecular flexibility index (Phi) is 11.0. The second-order valence-corrected chi connectivity index (χ2v) is 6.65. The number of hydrogen-bond acceptors (Lipinski definition) is 3. The Hall–Kier alpha value is -1.64. The van der Waals surface area contributed by atoms with Gasteiger partial charge in [-0.25, -0.2) is 4.99 Å². The van der Waals surface area contributed by atoms with Crippen molar-refractivity contribution in [1.82, 2.24) is 15.5 Å². The maximum atomic E-state index is 11.9. The quantitative estimate of drug-likeness (QED) is 0.195. The first kappa shape index (κ1) is 23.4. The third kappa shape index (κ3) is 8.28. The van der Waals surface area contributed by atoms with Gasteiger partial charge in [0.15, 0.2) is 5.96 Å². The zero-order chi connectivity index (χ0) is 18.8. The first-order valence-corrected chi connectivity index (χ1v) is 9.51. The van der Waals surface area contributed by atoms with E-state index in [4.69, 9.17) is 0 Å². The number of unbranched alkanes of at least 4 members (excludes halogenated alkanes) is 1. The molecule has 1 heterocycles. The van der Waals surface area contributed by atoms with Crippen LogP contribution in [0, 0.1) is 6.92 Å². The molecule has 1 aromatic carbocycles. The molecule has 2 rings (SSSR count). The van der Waals surface area contributed by atoms with Crippen molar-refractivity contribution in [3.05, 3.63) is 35.4 Å². The molecule has 1 aromatic rings. The van der Waals surface area contributed by atoms with Crippen LogP contribution in [-0.4, -0.2) is 42.3 Å². The number of halogens is 1. The summed E-state index contributed by atoms with van der Waals surface area (Å²) in [5.41, 5.74) is 2.38. The van der Waals surface area contributed by atoms with Gasteiger partial charge >= 0.3 is 0 Å². The third-order valence-corrected chi connectivity index (χ3v) is 4.37. The lowest BCUT2D eigenvalue weighted by Crippen LogP contribution is -2.46. The number of carbonyl (C=O) groups is 2. The molecule has 1 fully saturated rings. The van der Waals surface area contributed by atoms with Crippen molar-refractivity contribution in [2.75, 3.05) is 19.6 Å². The molecule has 2 amide bonds. The molecule has 0 bridgehead atoms. The van der Waals surface area contributed by atoms with Gasteiger partial charge < -0.3 is 10.6 Å². The van der Waals surface area contributed by atoms with Crippen LogP contribution >= 0.6 is 24.0 Å². The van der Waals surface area contributed by atoms with Crippen molar-refractivity contribution < 1.29 is 9.59 Å². The molecule has 0 radical (unpaired) electrons. The van der Waals surface area contributed by atoms with Crippen LogP contribution in [0.1, 0.15) is 50.2 Å². The summed E-state index contributed by atoms with van der Waals surface area (Å²) in [6, 6.07) is 8.31. The van der Waals surface area contributed by atoms with E-state index in [9.17, 15) is 9.59 Å². The number of benzene rings is 1. The molecule has 0 aromatic heterocycles. The molecule has 1 saturated heterocycles. The molecule has 0 saturated carbocycles. The van der Waals surface area contributed by atoms with E-state index in [0.717, 1.165) is 30.9 Å². The Bertz CT molecular complexity index is 615. The van der Waals surface area contributed by atoms with Crippen LogP contribution in [0.25, 0.3) is 0 Å². The lowest BCUT2D eigenvalue weighted by Gasteiger charge is -2.25. The van der Waals surface area contributed by atoms with Gasteiger partial charge in [0.25, 0.3) is 0 Å². The van der Waals surface area contributed by atoms with Gasteiger partial charge in [-0.2, -0.15) is 0 Å². The minimum absolute atomic E-state index is 0. The summed E-state index contributed by atoms with van der Waals surface area (Å²) in [7, 11) is 0. The fourth-order valence-electron chi connectivity index (χ4n) is 2.76. The fraction of sp³-hybridized carbons (Fsp3) is 0.550. The Morgan fingerprint density at radius 1 is 1.07 bits per heavy atom. The Labute approximate surface area is 179 Å². The summed E-state index contributed by atoms with van der Waals surface area (Å²) in [6.07, 6.45) is 3.77. The molecule has 1 aliphatic heterocycles. The summed E-state index contributed by atoms with van der Waals surface area (Å²) < 4.78 is 0. The number of nitrogens with zero attached hydrogens (tertiary/aromatic N) is 2. The van der Waals surface area contributed by atoms with E-state index in [1.807, 2.05) is 0 Å². The predicted octanol–water partition coefficient (Wildman–Crippen LogP) is 2.99. The van der Waals surface area contributed by atoms with Crippen LogP contribution in [0.3, 0.4) is 0 Å². The maximum absolute atomic E-state index is 11.9. The second-order valence-electron chi connectivity index (χ2n) is 6.65. The number of amides is 2. The van der Waals surface area contributed by atoms with Crippen LogP contribution in [0.15, 0.2) is 29.3 Å². The van der Waals surface area contributed by atoms with Crippen molar-refractivity contribution >= 4 is 41.8 Å². The lowest BCUT2D eigenvalue weighted by atomic mass is 10.1. The Morgan fingerprint density at radius 2 is 1.70 bits per heavy atom. The van der Waals surface area contributed by atoms with Crippen molar-refractivity contribution in [3.63, 3.8) is 0 Å². The standard InChI is InChI=1S/C20H30N4O2.HI/c1-3-4-12-21-20(23-15-17-10-8-16(2)9-11-17)22-13-14-24-18(25)6-5-7-19(24)26;/h8-11H,3-7,12-15H2,1-2H3,(H2,21,22,23);1H. The van der Waals surface area contributed by atoms with Crippen LogP contribution in [0.4, 0.5) is 0 Å². The number of guanidine groups is 1. The Morgan fingerprint density at radius 3 is 2.33 bits per heavy atom. The number of aryl methyl sites for hydroxylation is 1. The topological polar surface area (TPSA) is 73.8 Å². The molecule has 0 spiro atoms. The molecule has 27 heavy (non-hydrogen) atoms. The van der Waals surface area contributed by atoms with E-state index in [1.165, 1.54) is 10.5 Å².